The highest BCUT2D eigenvalue weighted by Gasteiger charge is 2.13. The number of halogens is 1. The number of carbonyl (C=O) groups excluding carboxylic acids is 2. The molecule has 0 atom stereocenters. The number of amides is 2. The normalized spacial score (nSPS) is 10.2. The highest BCUT2D eigenvalue weighted by molar-refractivity contribution is 14.1. The number of rotatable bonds is 6. The third-order valence-electron chi connectivity index (χ3n) is 3.10. The van der Waals surface area contributed by atoms with E-state index in [9.17, 15) is 9.59 Å². The summed E-state index contributed by atoms with van der Waals surface area (Å²) in [7, 11) is 1.57. The van der Waals surface area contributed by atoms with Crippen LogP contribution in [-0.2, 0) is 4.74 Å². The molecule has 2 rings (SSSR count). The molecule has 0 aliphatic carbocycles. The summed E-state index contributed by atoms with van der Waals surface area (Å²) < 4.78 is 5.88. The molecule has 2 amide bonds. The Kier molecular flexibility index (Phi) is 6.54. The van der Waals surface area contributed by atoms with Gasteiger partial charge in [0.1, 0.15) is 0 Å². The first-order chi connectivity index (χ1) is 11.1. The topological polar surface area (TPSA) is 67.4 Å². The largest absolute Gasteiger partial charge is 0.383 e. The quantitative estimate of drug-likeness (QED) is 0.554. The second-order valence-corrected chi connectivity index (χ2v) is 6.00. The van der Waals surface area contributed by atoms with E-state index < -0.39 is 0 Å². The predicted molar refractivity (Wildman–Crippen MR) is 97.8 cm³/mol. The van der Waals surface area contributed by atoms with E-state index in [1.807, 2.05) is 12.1 Å². The van der Waals surface area contributed by atoms with Crippen LogP contribution in [0.25, 0.3) is 0 Å². The van der Waals surface area contributed by atoms with Crippen molar-refractivity contribution in [1.82, 2.24) is 5.32 Å². The fourth-order valence-electron chi connectivity index (χ4n) is 1.98. The van der Waals surface area contributed by atoms with Crippen LogP contribution in [0.3, 0.4) is 0 Å². The Morgan fingerprint density at radius 3 is 2.61 bits per heavy atom. The average Bonchev–Trinajstić information content (AvgIpc) is 2.55. The Morgan fingerprint density at radius 2 is 1.87 bits per heavy atom. The zero-order valence-electron chi connectivity index (χ0n) is 12.6. The number of benzene rings is 2. The van der Waals surface area contributed by atoms with Crippen LogP contribution in [0.15, 0.2) is 48.5 Å². The van der Waals surface area contributed by atoms with Gasteiger partial charge in [-0.1, -0.05) is 18.2 Å². The summed E-state index contributed by atoms with van der Waals surface area (Å²) in [6.07, 6.45) is 0. The minimum Gasteiger partial charge on any atom is -0.383 e. The van der Waals surface area contributed by atoms with Crippen molar-refractivity contribution in [2.75, 3.05) is 25.6 Å². The summed E-state index contributed by atoms with van der Waals surface area (Å²) in [5.41, 5.74) is 1.44. The predicted octanol–water partition coefficient (Wildman–Crippen LogP) is 2.92. The standard InChI is InChI=1S/C17H17IN2O3/c1-23-10-9-19-17(22)14-7-2-3-8-15(14)20-16(21)12-5-4-6-13(18)11-12/h2-8,11H,9-10H2,1H3,(H,19,22)(H,20,21). The molecule has 0 saturated heterocycles. The molecule has 5 nitrogen and oxygen atoms in total. The number of carbonyl (C=O) groups is 2. The number of hydrogen-bond acceptors (Lipinski definition) is 3. The first-order valence-corrected chi connectivity index (χ1v) is 8.13. The van der Waals surface area contributed by atoms with Gasteiger partial charge in [-0.15, -0.1) is 0 Å². The van der Waals surface area contributed by atoms with E-state index in [4.69, 9.17) is 4.74 Å². The molecule has 0 spiro atoms. The third-order valence-corrected chi connectivity index (χ3v) is 3.77. The molecule has 120 valence electrons. The monoisotopic (exact) mass is 424 g/mol. The molecule has 0 bridgehead atoms. The molecule has 0 aliphatic heterocycles. The SMILES string of the molecule is COCCNC(=O)c1ccccc1NC(=O)c1cccc(I)c1. The Hall–Kier alpha value is -1.93. The Bertz CT molecular complexity index is 704. The molecule has 0 aliphatic rings. The summed E-state index contributed by atoms with van der Waals surface area (Å²) in [6, 6.07) is 14.2. The van der Waals surface area contributed by atoms with Crippen molar-refractivity contribution in [1.29, 1.82) is 0 Å². The van der Waals surface area contributed by atoms with Crippen LogP contribution in [0.2, 0.25) is 0 Å². The molecule has 23 heavy (non-hydrogen) atoms. The maximum absolute atomic E-state index is 12.3. The lowest BCUT2D eigenvalue weighted by Gasteiger charge is -2.11. The van der Waals surface area contributed by atoms with E-state index in [0.717, 1.165) is 3.57 Å². The first kappa shape index (κ1) is 17.4. The van der Waals surface area contributed by atoms with Gasteiger partial charge in [-0.25, -0.2) is 0 Å². The minimum absolute atomic E-state index is 0.249. The lowest BCUT2D eigenvalue weighted by atomic mass is 10.1. The van der Waals surface area contributed by atoms with Crippen molar-refractivity contribution in [2.45, 2.75) is 0 Å². The van der Waals surface area contributed by atoms with Crippen LogP contribution in [0, 0.1) is 3.57 Å². The molecule has 2 aromatic carbocycles. The fraction of sp³-hybridized carbons (Fsp3) is 0.176. The molecule has 0 fully saturated rings. The van der Waals surface area contributed by atoms with Gasteiger partial charge in [0.25, 0.3) is 11.8 Å². The van der Waals surface area contributed by atoms with E-state index in [1.165, 1.54) is 0 Å². The van der Waals surface area contributed by atoms with Crippen molar-refractivity contribution in [3.63, 3.8) is 0 Å². The zero-order valence-corrected chi connectivity index (χ0v) is 14.8. The molecule has 2 N–H and O–H groups in total. The number of para-hydroxylation sites is 1. The number of hydrogen-bond donors (Lipinski definition) is 2. The highest BCUT2D eigenvalue weighted by Crippen LogP contribution is 2.17. The van der Waals surface area contributed by atoms with Gasteiger partial charge in [0.15, 0.2) is 0 Å². The number of nitrogens with one attached hydrogen (secondary N) is 2. The van der Waals surface area contributed by atoms with Gasteiger partial charge in [0, 0.05) is 22.8 Å². The van der Waals surface area contributed by atoms with Crippen LogP contribution < -0.4 is 10.6 Å². The summed E-state index contributed by atoms with van der Waals surface area (Å²) in [5.74, 6) is -0.499. The first-order valence-electron chi connectivity index (χ1n) is 7.05. The van der Waals surface area contributed by atoms with E-state index in [2.05, 4.69) is 33.2 Å². The van der Waals surface area contributed by atoms with Gasteiger partial charge in [0.2, 0.25) is 0 Å². The van der Waals surface area contributed by atoms with Crippen LogP contribution in [0.4, 0.5) is 5.69 Å². The zero-order chi connectivity index (χ0) is 16.7. The lowest BCUT2D eigenvalue weighted by molar-refractivity contribution is 0.0938. The summed E-state index contributed by atoms with van der Waals surface area (Å²) in [6.45, 7) is 0.844. The van der Waals surface area contributed by atoms with Crippen molar-refractivity contribution in [3.8, 4) is 0 Å². The molecule has 0 aromatic heterocycles. The fourth-order valence-corrected chi connectivity index (χ4v) is 2.52. The number of anilines is 1. The van der Waals surface area contributed by atoms with Crippen LogP contribution in [0.5, 0.6) is 0 Å². The van der Waals surface area contributed by atoms with E-state index >= 15 is 0 Å². The van der Waals surface area contributed by atoms with E-state index in [1.54, 1.807) is 43.5 Å². The number of methoxy groups -OCH3 is 1. The lowest BCUT2D eigenvalue weighted by Crippen LogP contribution is -2.28. The maximum Gasteiger partial charge on any atom is 0.255 e. The van der Waals surface area contributed by atoms with Gasteiger partial charge in [0.05, 0.1) is 17.9 Å². The van der Waals surface area contributed by atoms with E-state index in [0.29, 0.717) is 30.0 Å². The van der Waals surface area contributed by atoms with Gasteiger partial charge in [-0.3, -0.25) is 9.59 Å². The van der Waals surface area contributed by atoms with Gasteiger partial charge in [-0.2, -0.15) is 0 Å². The van der Waals surface area contributed by atoms with Gasteiger partial charge < -0.3 is 15.4 Å². The van der Waals surface area contributed by atoms with Crippen molar-refractivity contribution in [3.05, 3.63) is 63.2 Å². The second kappa shape index (κ2) is 8.64. The Labute approximate surface area is 148 Å². The molecule has 0 saturated carbocycles. The summed E-state index contributed by atoms with van der Waals surface area (Å²) >= 11 is 2.15. The van der Waals surface area contributed by atoms with Gasteiger partial charge >= 0.3 is 0 Å². The molecular weight excluding hydrogens is 407 g/mol. The molecule has 0 radical (unpaired) electrons. The molecule has 0 unspecified atom stereocenters. The molecular formula is C17H17IN2O3. The average molecular weight is 424 g/mol. The molecule has 2 aromatic rings. The Balaban J connectivity index is 2.14. The van der Waals surface area contributed by atoms with Crippen LogP contribution in [-0.4, -0.2) is 32.1 Å². The van der Waals surface area contributed by atoms with Crippen molar-refractivity contribution >= 4 is 40.1 Å². The van der Waals surface area contributed by atoms with Crippen molar-refractivity contribution in [2.24, 2.45) is 0 Å². The maximum atomic E-state index is 12.3. The Morgan fingerprint density at radius 1 is 1.09 bits per heavy atom. The minimum atomic E-state index is -0.249. The van der Waals surface area contributed by atoms with Gasteiger partial charge in [-0.05, 0) is 52.9 Å². The van der Waals surface area contributed by atoms with Crippen LogP contribution in [0.1, 0.15) is 20.7 Å². The van der Waals surface area contributed by atoms with Crippen molar-refractivity contribution < 1.29 is 14.3 Å². The molecule has 6 heteroatoms. The second-order valence-electron chi connectivity index (χ2n) is 4.76. The third kappa shape index (κ3) is 5.04. The highest BCUT2D eigenvalue weighted by atomic mass is 127. The molecule has 0 heterocycles. The van der Waals surface area contributed by atoms with Crippen LogP contribution >= 0.6 is 22.6 Å². The summed E-state index contributed by atoms with van der Waals surface area (Å²) in [5, 5.41) is 5.54. The van der Waals surface area contributed by atoms with E-state index in [-0.39, 0.29) is 11.8 Å². The number of ether oxygens (including phenoxy) is 1. The summed E-state index contributed by atoms with van der Waals surface area (Å²) in [4.78, 5) is 24.5. The smallest absolute Gasteiger partial charge is 0.255 e.